The Labute approximate surface area is 149 Å². The largest absolute Gasteiger partial charge is 0.307 e. The summed E-state index contributed by atoms with van der Waals surface area (Å²) >= 11 is 1.73. The van der Waals surface area contributed by atoms with Crippen molar-refractivity contribution in [3.63, 3.8) is 0 Å². The Morgan fingerprint density at radius 3 is 2.38 bits per heavy atom. The van der Waals surface area contributed by atoms with Crippen LogP contribution in [0.25, 0.3) is 0 Å². The highest BCUT2D eigenvalue weighted by Crippen LogP contribution is 2.24. The molecular formula is C19H28N4S. The summed E-state index contributed by atoms with van der Waals surface area (Å²) in [5.41, 5.74) is 1.41. The number of aromatic nitrogens is 2. The van der Waals surface area contributed by atoms with Gasteiger partial charge in [-0.25, -0.2) is 0 Å². The van der Waals surface area contributed by atoms with Gasteiger partial charge in [-0.15, -0.1) is 21.5 Å². The van der Waals surface area contributed by atoms with E-state index in [1.807, 2.05) is 0 Å². The van der Waals surface area contributed by atoms with Crippen molar-refractivity contribution in [2.45, 2.75) is 46.3 Å². The third-order valence-corrected chi connectivity index (χ3v) is 5.94. The molecule has 2 unspecified atom stereocenters. The van der Waals surface area contributed by atoms with Gasteiger partial charge in [0.25, 0.3) is 0 Å². The van der Waals surface area contributed by atoms with Crippen LogP contribution in [0.5, 0.6) is 0 Å². The molecule has 0 saturated carbocycles. The van der Waals surface area contributed by atoms with Crippen molar-refractivity contribution >= 4 is 11.3 Å². The number of nitrogens with zero attached hydrogens (tertiary/aromatic N) is 3. The summed E-state index contributed by atoms with van der Waals surface area (Å²) in [7, 11) is 0. The zero-order valence-corrected chi connectivity index (χ0v) is 15.7. The molecule has 0 amide bonds. The van der Waals surface area contributed by atoms with E-state index in [0.717, 1.165) is 42.6 Å². The molecule has 1 aliphatic heterocycles. The molecule has 5 heteroatoms. The minimum atomic E-state index is 0.547. The van der Waals surface area contributed by atoms with E-state index >= 15 is 0 Å². The predicted octanol–water partition coefficient (Wildman–Crippen LogP) is 3.35. The van der Waals surface area contributed by atoms with E-state index < -0.39 is 0 Å². The lowest BCUT2D eigenvalue weighted by molar-refractivity contribution is 0.0939. The first-order valence-electron chi connectivity index (χ1n) is 8.96. The van der Waals surface area contributed by atoms with Crippen molar-refractivity contribution in [2.24, 2.45) is 11.8 Å². The number of piperidine rings is 1. The summed E-state index contributed by atoms with van der Waals surface area (Å²) in [5, 5.41) is 14.5. The van der Waals surface area contributed by atoms with Crippen LogP contribution < -0.4 is 5.32 Å². The molecule has 0 aliphatic carbocycles. The zero-order valence-electron chi connectivity index (χ0n) is 14.9. The highest BCUT2D eigenvalue weighted by molar-refractivity contribution is 7.11. The second-order valence-corrected chi connectivity index (χ2v) is 8.13. The van der Waals surface area contributed by atoms with Crippen molar-refractivity contribution in [1.82, 2.24) is 20.4 Å². The molecular weight excluding hydrogens is 316 g/mol. The molecule has 3 rings (SSSR count). The number of likely N-dealkylation sites (tertiary alicyclic amines) is 1. The summed E-state index contributed by atoms with van der Waals surface area (Å²) in [4.78, 5) is 2.59. The maximum Gasteiger partial charge on any atom is 0.131 e. The molecule has 1 N–H and O–H groups in total. The Morgan fingerprint density at radius 2 is 1.75 bits per heavy atom. The monoisotopic (exact) mass is 344 g/mol. The molecule has 1 aromatic carbocycles. The average Bonchev–Trinajstić information content (AvgIpc) is 3.03. The van der Waals surface area contributed by atoms with E-state index in [1.165, 1.54) is 5.56 Å². The zero-order chi connectivity index (χ0) is 16.9. The van der Waals surface area contributed by atoms with Crippen molar-refractivity contribution in [1.29, 1.82) is 0 Å². The molecule has 1 aliphatic rings. The first kappa shape index (κ1) is 17.5. The third-order valence-electron chi connectivity index (χ3n) is 4.87. The van der Waals surface area contributed by atoms with Gasteiger partial charge in [-0.05, 0) is 23.8 Å². The van der Waals surface area contributed by atoms with E-state index in [9.17, 15) is 0 Å². The normalized spacial score (nSPS) is 25.0. The summed E-state index contributed by atoms with van der Waals surface area (Å²) in [5.74, 6) is 1.27. The molecule has 1 saturated heterocycles. The van der Waals surface area contributed by atoms with Gasteiger partial charge >= 0.3 is 0 Å². The van der Waals surface area contributed by atoms with Crippen LogP contribution in [0, 0.1) is 11.8 Å². The molecule has 0 bridgehead atoms. The topological polar surface area (TPSA) is 41.1 Å². The van der Waals surface area contributed by atoms with E-state index in [-0.39, 0.29) is 0 Å². The molecule has 130 valence electrons. The SMILES string of the molecule is CCc1nnc(CNC2C(C)CN(Cc3ccccc3)CC2C)s1. The summed E-state index contributed by atoms with van der Waals surface area (Å²) in [6, 6.07) is 11.3. The van der Waals surface area contributed by atoms with Crippen molar-refractivity contribution < 1.29 is 0 Å². The number of hydrogen-bond donors (Lipinski definition) is 1. The van der Waals surface area contributed by atoms with Crippen LogP contribution in [-0.4, -0.2) is 34.2 Å². The third kappa shape index (κ3) is 4.41. The standard InChI is InChI=1S/C19H28N4S/c1-4-17-21-22-18(24-17)10-20-19-14(2)11-23(12-15(19)3)13-16-8-6-5-7-9-16/h5-9,14-15,19-20H,4,10-13H2,1-3H3. The van der Waals surface area contributed by atoms with Gasteiger partial charge in [-0.2, -0.15) is 0 Å². The van der Waals surface area contributed by atoms with Gasteiger partial charge in [0.2, 0.25) is 0 Å². The lowest BCUT2D eigenvalue weighted by Gasteiger charge is -2.42. The molecule has 1 fully saturated rings. The first-order valence-corrected chi connectivity index (χ1v) is 9.78. The minimum Gasteiger partial charge on any atom is -0.307 e. The van der Waals surface area contributed by atoms with E-state index in [0.29, 0.717) is 17.9 Å². The van der Waals surface area contributed by atoms with Crippen LogP contribution >= 0.6 is 11.3 Å². The summed E-state index contributed by atoms with van der Waals surface area (Å²) in [6.45, 7) is 11.0. The number of aryl methyl sites for hydroxylation is 1. The number of hydrogen-bond acceptors (Lipinski definition) is 5. The minimum absolute atomic E-state index is 0.547. The quantitative estimate of drug-likeness (QED) is 0.872. The smallest absolute Gasteiger partial charge is 0.131 e. The fraction of sp³-hybridized carbons (Fsp3) is 0.579. The Balaban J connectivity index is 1.53. The Bertz CT molecular complexity index is 615. The number of nitrogens with one attached hydrogen (secondary N) is 1. The Morgan fingerprint density at radius 1 is 1.08 bits per heavy atom. The highest BCUT2D eigenvalue weighted by Gasteiger charge is 2.31. The lowest BCUT2D eigenvalue weighted by Crippen LogP contribution is -2.52. The average molecular weight is 345 g/mol. The van der Waals surface area contributed by atoms with Gasteiger partial charge in [0.15, 0.2) is 0 Å². The van der Waals surface area contributed by atoms with Gasteiger partial charge in [0, 0.05) is 32.2 Å². The molecule has 2 aromatic rings. The second kappa shape index (κ2) is 8.19. The highest BCUT2D eigenvalue weighted by atomic mass is 32.1. The molecule has 24 heavy (non-hydrogen) atoms. The van der Waals surface area contributed by atoms with E-state index in [2.05, 4.69) is 71.5 Å². The van der Waals surface area contributed by atoms with E-state index in [1.54, 1.807) is 11.3 Å². The second-order valence-electron chi connectivity index (χ2n) is 6.98. The van der Waals surface area contributed by atoms with Crippen LogP contribution in [0.3, 0.4) is 0 Å². The van der Waals surface area contributed by atoms with Crippen molar-refractivity contribution in [3.8, 4) is 0 Å². The predicted molar refractivity (Wildman–Crippen MR) is 100.0 cm³/mol. The molecule has 2 heterocycles. The van der Waals surface area contributed by atoms with Crippen LogP contribution in [0.4, 0.5) is 0 Å². The number of rotatable bonds is 6. The Hall–Kier alpha value is -1.30. The van der Waals surface area contributed by atoms with Gasteiger partial charge in [0.1, 0.15) is 10.0 Å². The van der Waals surface area contributed by atoms with Gasteiger partial charge in [-0.3, -0.25) is 4.90 Å². The number of benzene rings is 1. The Kier molecular flexibility index (Phi) is 5.98. The molecule has 2 atom stereocenters. The van der Waals surface area contributed by atoms with Crippen LogP contribution in [0.1, 0.15) is 36.3 Å². The fourth-order valence-electron chi connectivity index (χ4n) is 3.76. The van der Waals surface area contributed by atoms with Gasteiger partial charge in [-0.1, -0.05) is 51.1 Å². The first-order chi connectivity index (χ1) is 11.7. The molecule has 1 aromatic heterocycles. The summed E-state index contributed by atoms with van der Waals surface area (Å²) < 4.78 is 0. The lowest BCUT2D eigenvalue weighted by atomic mass is 9.85. The molecule has 4 nitrogen and oxygen atoms in total. The fourth-order valence-corrected chi connectivity index (χ4v) is 4.49. The van der Waals surface area contributed by atoms with E-state index in [4.69, 9.17) is 0 Å². The molecule has 0 radical (unpaired) electrons. The van der Waals surface area contributed by atoms with Crippen LogP contribution in [-0.2, 0) is 19.5 Å². The van der Waals surface area contributed by atoms with Crippen molar-refractivity contribution in [3.05, 3.63) is 45.9 Å². The molecule has 0 spiro atoms. The van der Waals surface area contributed by atoms with Crippen molar-refractivity contribution in [2.75, 3.05) is 13.1 Å². The maximum atomic E-state index is 4.29. The summed E-state index contributed by atoms with van der Waals surface area (Å²) in [6.07, 6.45) is 0.975. The van der Waals surface area contributed by atoms with Gasteiger partial charge < -0.3 is 5.32 Å². The van der Waals surface area contributed by atoms with Crippen LogP contribution in [0.15, 0.2) is 30.3 Å². The van der Waals surface area contributed by atoms with Crippen LogP contribution in [0.2, 0.25) is 0 Å². The van der Waals surface area contributed by atoms with Gasteiger partial charge in [0.05, 0.1) is 0 Å². The maximum absolute atomic E-state index is 4.29.